The van der Waals surface area contributed by atoms with Crippen LogP contribution in [0.5, 0.6) is 0 Å². The number of H-pyrrole nitrogens is 1. The lowest BCUT2D eigenvalue weighted by atomic mass is 10.3. The number of carboxylic acids is 1. The molecule has 2 aromatic heterocycles. The highest BCUT2D eigenvalue weighted by atomic mass is 32.2. The Kier molecular flexibility index (Phi) is 3.51. The van der Waals surface area contributed by atoms with Gasteiger partial charge < -0.3 is 15.2 Å². The number of carboxylic acid groups (broad SMARTS) is 1. The Hall–Kier alpha value is -1.97. The lowest BCUT2D eigenvalue weighted by Gasteiger charge is -2.11. The molecule has 0 radical (unpaired) electrons. The van der Waals surface area contributed by atoms with Crippen molar-refractivity contribution in [2.75, 3.05) is 6.61 Å². The van der Waals surface area contributed by atoms with Crippen LogP contribution in [0.15, 0.2) is 29.4 Å². The number of aliphatic hydroxyl groups excluding tert-OH is 1. The molecule has 4 N–H and O–H groups in total. The van der Waals surface area contributed by atoms with Crippen LogP contribution in [0.2, 0.25) is 0 Å². The highest BCUT2D eigenvalue weighted by molar-refractivity contribution is 7.89. The highest BCUT2D eigenvalue weighted by Gasteiger charge is 2.26. The molecular formula is C10H11N3O5S. The van der Waals surface area contributed by atoms with Gasteiger partial charge >= 0.3 is 5.97 Å². The molecule has 0 bridgehead atoms. The van der Waals surface area contributed by atoms with E-state index in [1.54, 1.807) is 12.1 Å². The zero-order valence-corrected chi connectivity index (χ0v) is 10.4. The van der Waals surface area contributed by atoms with E-state index in [4.69, 9.17) is 10.2 Å². The van der Waals surface area contributed by atoms with Gasteiger partial charge in [0.05, 0.1) is 6.61 Å². The standard InChI is InChI=1S/C10H11N3O5S/c14-5-7(10(15)16)13-19(17,18)8-4-12-9-6(8)2-1-3-11-9/h1-4,7,13-14H,5H2,(H,11,12)(H,15,16). The van der Waals surface area contributed by atoms with Gasteiger partial charge in [-0.2, -0.15) is 4.72 Å². The van der Waals surface area contributed by atoms with Gasteiger partial charge in [0.15, 0.2) is 0 Å². The summed E-state index contributed by atoms with van der Waals surface area (Å²) in [5, 5.41) is 17.9. The molecule has 0 spiro atoms. The summed E-state index contributed by atoms with van der Waals surface area (Å²) in [6, 6.07) is 1.52. The van der Waals surface area contributed by atoms with Crippen LogP contribution in [0.25, 0.3) is 11.0 Å². The summed E-state index contributed by atoms with van der Waals surface area (Å²) < 4.78 is 26.0. The Labute approximate surface area is 108 Å². The fraction of sp³-hybridized carbons (Fsp3) is 0.200. The van der Waals surface area contributed by atoms with E-state index in [9.17, 15) is 13.2 Å². The Morgan fingerprint density at radius 2 is 2.26 bits per heavy atom. The quantitative estimate of drug-likeness (QED) is 0.573. The minimum absolute atomic E-state index is 0.115. The first-order valence-electron chi connectivity index (χ1n) is 5.24. The van der Waals surface area contributed by atoms with Crippen LogP contribution in [-0.4, -0.2) is 47.2 Å². The van der Waals surface area contributed by atoms with Crippen molar-refractivity contribution in [3.8, 4) is 0 Å². The molecule has 1 unspecified atom stereocenters. The Morgan fingerprint density at radius 1 is 1.53 bits per heavy atom. The summed E-state index contributed by atoms with van der Waals surface area (Å²) in [7, 11) is -4.06. The Bertz CT molecular complexity index is 709. The Balaban J connectivity index is 2.42. The first kappa shape index (κ1) is 13.5. The smallest absolute Gasteiger partial charge is 0.324 e. The summed E-state index contributed by atoms with van der Waals surface area (Å²) >= 11 is 0. The number of pyridine rings is 1. The van der Waals surface area contributed by atoms with E-state index < -0.39 is 28.6 Å². The number of aromatic amines is 1. The van der Waals surface area contributed by atoms with Crippen molar-refractivity contribution in [3.05, 3.63) is 24.5 Å². The van der Waals surface area contributed by atoms with Gasteiger partial charge in [0, 0.05) is 17.8 Å². The number of aromatic nitrogens is 2. The predicted octanol–water partition coefficient (Wildman–Crippen LogP) is -0.713. The van der Waals surface area contributed by atoms with Crippen LogP contribution >= 0.6 is 0 Å². The number of aliphatic hydroxyl groups is 1. The number of fused-ring (bicyclic) bond motifs is 1. The van der Waals surface area contributed by atoms with Crippen molar-refractivity contribution in [2.24, 2.45) is 0 Å². The largest absolute Gasteiger partial charge is 0.480 e. The van der Waals surface area contributed by atoms with Gasteiger partial charge in [0.1, 0.15) is 16.6 Å². The average molecular weight is 285 g/mol. The third-order valence-corrected chi connectivity index (χ3v) is 3.99. The van der Waals surface area contributed by atoms with E-state index in [1.165, 1.54) is 12.4 Å². The van der Waals surface area contributed by atoms with Crippen LogP contribution in [0.1, 0.15) is 0 Å². The van der Waals surface area contributed by atoms with Gasteiger partial charge in [0.25, 0.3) is 0 Å². The predicted molar refractivity (Wildman–Crippen MR) is 64.9 cm³/mol. The van der Waals surface area contributed by atoms with Crippen LogP contribution in [0.4, 0.5) is 0 Å². The van der Waals surface area contributed by atoms with Crippen molar-refractivity contribution in [3.63, 3.8) is 0 Å². The maximum Gasteiger partial charge on any atom is 0.324 e. The first-order chi connectivity index (χ1) is 8.95. The van der Waals surface area contributed by atoms with Gasteiger partial charge in [-0.3, -0.25) is 4.79 Å². The van der Waals surface area contributed by atoms with Crippen molar-refractivity contribution in [2.45, 2.75) is 10.9 Å². The van der Waals surface area contributed by atoms with Crippen molar-refractivity contribution in [1.82, 2.24) is 14.7 Å². The number of hydrogen-bond acceptors (Lipinski definition) is 5. The summed E-state index contributed by atoms with van der Waals surface area (Å²) in [6.45, 7) is -0.838. The van der Waals surface area contributed by atoms with E-state index in [-0.39, 0.29) is 4.90 Å². The van der Waals surface area contributed by atoms with Crippen LogP contribution in [0, 0.1) is 0 Å². The topological polar surface area (TPSA) is 132 Å². The third-order valence-electron chi connectivity index (χ3n) is 2.48. The molecule has 0 aliphatic heterocycles. The normalized spacial score (nSPS) is 13.5. The second-order valence-corrected chi connectivity index (χ2v) is 5.43. The second kappa shape index (κ2) is 4.96. The molecule has 19 heavy (non-hydrogen) atoms. The second-order valence-electron chi connectivity index (χ2n) is 3.75. The van der Waals surface area contributed by atoms with Gasteiger partial charge in [-0.05, 0) is 12.1 Å². The summed E-state index contributed by atoms with van der Waals surface area (Å²) in [5.41, 5.74) is 0.374. The van der Waals surface area contributed by atoms with Gasteiger partial charge in [0.2, 0.25) is 10.0 Å². The molecule has 2 aromatic rings. The molecule has 0 aromatic carbocycles. The number of sulfonamides is 1. The molecule has 102 valence electrons. The maximum absolute atomic E-state index is 12.0. The number of rotatable bonds is 5. The van der Waals surface area contributed by atoms with E-state index in [0.29, 0.717) is 11.0 Å². The molecule has 1 atom stereocenters. The highest BCUT2D eigenvalue weighted by Crippen LogP contribution is 2.20. The van der Waals surface area contributed by atoms with Gasteiger partial charge in [-0.15, -0.1) is 0 Å². The van der Waals surface area contributed by atoms with E-state index in [1.807, 2.05) is 4.72 Å². The van der Waals surface area contributed by atoms with Crippen molar-refractivity contribution >= 4 is 27.0 Å². The molecule has 0 fully saturated rings. The molecule has 0 aliphatic carbocycles. The van der Waals surface area contributed by atoms with Gasteiger partial charge in [-0.25, -0.2) is 13.4 Å². The molecule has 8 nitrogen and oxygen atoms in total. The van der Waals surface area contributed by atoms with E-state index >= 15 is 0 Å². The summed E-state index contributed by atoms with van der Waals surface area (Å²) in [5.74, 6) is -1.45. The zero-order valence-electron chi connectivity index (χ0n) is 9.57. The van der Waals surface area contributed by atoms with E-state index in [0.717, 1.165) is 0 Å². The maximum atomic E-state index is 12.0. The monoisotopic (exact) mass is 285 g/mol. The van der Waals surface area contributed by atoms with Crippen LogP contribution in [-0.2, 0) is 14.8 Å². The molecular weight excluding hydrogens is 274 g/mol. The molecule has 0 saturated heterocycles. The minimum atomic E-state index is -4.06. The minimum Gasteiger partial charge on any atom is -0.480 e. The number of aliphatic carboxylic acids is 1. The average Bonchev–Trinajstić information content (AvgIpc) is 2.80. The van der Waals surface area contributed by atoms with Crippen molar-refractivity contribution in [1.29, 1.82) is 0 Å². The van der Waals surface area contributed by atoms with Crippen LogP contribution in [0.3, 0.4) is 0 Å². The fourth-order valence-corrected chi connectivity index (χ4v) is 2.91. The zero-order chi connectivity index (χ0) is 14.0. The van der Waals surface area contributed by atoms with Crippen LogP contribution < -0.4 is 4.72 Å². The van der Waals surface area contributed by atoms with Gasteiger partial charge in [-0.1, -0.05) is 0 Å². The number of nitrogens with one attached hydrogen (secondary N) is 2. The lowest BCUT2D eigenvalue weighted by Crippen LogP contribution is -2.43. The first-order valence-corrected chi connectivity index (χ1v) is 6.72. The number of hydrogen-bond donors (Lipinski definition) is 4. The molecule has 2 heterocycles. The third kappa shape index (κ3) is 2.57. The molecule has 0 amide bonds. The number of nitrogens with zero attached hydrogens (tertiary/aromatic N) is 1. The number of carbonyl (C=O) groups is 1. The Morgan fingerprint density at radius 3 is 2.89 bits per heavy atom. The molecule has 2 rings (SSSR count). The molecule has 0 aliphatic rings. The van der Waals surface area contributed by atoms with E-state index in [2.05, 4.69) is 9.97 Å². The van der Waals surface area contributed by atoms with Crippen molar-refractivity contribution < 1.29 is 23.4 Å². The molecule has 0 saturated carbocycles. The summed E-state index contributed by atoms with van der Waals surface area (Å²) in [6.07, 6.45) is 2.72. The molecule has 9 heteroatoms. The SMILES string of the molecule is O=C(O)C(CO)NS(=O)(=O)c1c[nH]c2ncccc12. The lowest BCUT2D eigenvalue weighted by molar-refractivity contribution is -0.139. The fourth-order valence-electron chi connectivity index (χ4n) is 1.57. The summed E-state index contributed by atoms with van der Waals surface area (Å²) in [4.78, 5) is 17.2.